The van der Waals surface area contributed by atoms with E-state index in [9.17, 15) is 0 Å². The van der Waals surface area contributed by atoms with Crippen LogP contribution < -0.4 is 4.74 Å². The van der Waals surface area contributed by atoms with Crippen LogP contribution in [0.2, 0.25) is 0 Å². The minimum atomic E-state index is 0.569. The van der Waals surface area contributed by atoms with E-state index in [1.807, 2.05) is 0 Å². The van der Waals surface area contributed by atoms with Crippen LogP contribution in [0.25, 0.3) is 10.8 Å². The van der Waals surface area contributed by atoms with Gasteiger partial charge in [0, 0.05) is 11.6 Å². The lowest BCUT2D eigenvalue weighted by Crippen LogP contribution is -2.41. The Labute approximate surface area is 169 Å². The predicted octanol–water partition coefficient (Wildman–Crippen LogP) is 6.01. The third-order valence-electron chi connectivity index (χ3n) is 5.87. The van der Waals surface area contributed by atoms with Gasteiger partial charge in [0.25, 0.3) is 0 Å². The summed E-state index contributed by atoms with van der Waals surface area (Å²) in [6.07, 6.45) is 4.64. The molecule has 0 spiro atoms. The Morgan fingerprint density at radius 2 is 1.64 bits per heavy atom. The van der Waals surface area contributed by atoms with E-state index in [-0.39, 0.29) is 0 Å². The number of benzene rings is 3. The average molecular weight is 374 g/mol. The number of hydrogen-bond donors (Lipinski definition) is 0. The molecule has 0 radical (unpaired) electrons. The lowest BCUT2D eigenvalue weighted by Gasteiger charge is -2.35. The number of hydrogen-bond acceptors (Lipinski definition) is 2. The Kier molecular flexibility index (Phi) is 5.97. The minimum absolute atomic E-state index is 0.569. The summed E-state index contributed by atoms with van der Waals surface area (Å²) in [5.74, 6) is 1.06. The van der Waals surface area contributed by atoms with Crippen molar-refractivity contribution in [2.75, 3.05) is 13.1 Å². The zero-order valence-electron chi connectivity index (χ0n) is 17.2. The molecule has 3 aromatic rings. The molecule has 2 nitrogen and oxygen atoms in total. The highest BCUT2D eigenvalue weighted by molar-refractivity contribution is 5.91. The molecule has 0 bridgehead atoms. The second-order valence-electron chi connectivity index (χ2n) is 7.93. The third-order valence-corrected chi connectivity index (χ3v) is 5.87. The molecule has 1 aliphatic rings. The molecule has 0 heterocycles. The molecule has 0 aromatic heterocycles. The highest BCUT2D eigenvalue weighted by atomic mass is 16.5. The van der Waals surface area contributed by atoms with Crippen LogP contribution in [0.5, 0.6) is 5.75 Å². The van der Waals surface area contributed by atoms with Gasteiger partial charge in [-0.1, -0.05) is 68.4 Å². The Hall–Kier alpha value is -2.32. The smallest absolute Gasteiger partial charge is 0.123 e. The van der Waals surface area contributed by atoms with E-state index in [4.69, 9.17) is 4.74 Å². The van der Waals surface area contributed by atoms with Gasteiger partial charge in [-0.2, -0.15) is 0 Å². The van der Waals surface area contributed by atoms with E-state index in [0.717, 1.165) is 18.6 Å². The van der Waals surface area contributed by atoms with E-state index in [2.05, 4.69) is 79.4 Å². The maximum atomic E-state index is 6.34. The van der Waals surface area contributed by atoms with Crippen molar-refractivity contribution < 1.29 is 4.74 Å². The second kappa shape index (κ2) is 8.79. The molecule has 0 saturated heterocycles. The van der Waals surface area contributed by atoms with Crippen LogP contribution in [0.4, 0.5) is 0 Å². The molecule has 0 amide bonds. The molecular formula is C26H31NO. The molecule has 0 saturated carbocycles. The average Bonchev–Trinajstić information content (AvgIpc) is 2.74. The van der Waals surface area contributed by atoms with Gasteiger partial charge >= 0.3 is 0 Å². The highest BCUT2D eigenvalue weighted by Crippen LogP contribution is 2.37. The summed E-state index contributed by atoms with van der Waals surface area (Å²) in [5.41, 5.74) is 4.10. The highest BCUT2D eigenvalue weighted by Gasteiger charge is 2.27. The molecule has 0 N–H and O–H groups in total. The largest absolute Gasteiger partial charge is 0.489 e. The zero-order chi connectivity index (χ0) is 19.3. The standard InChI is InChI=1S/C26H31NO/c1-3-15-27(16-4-2)23-17-22-12-8-11-21-13-14-25(24(18-23)26(21)22)28-19-20-9-6-5-7-10-20/h5-14,23H,3-4,15-19H2,1-2H3. The van der Waals surface area contributed by atoms with Gasteiger partial charge in [-0.3, -0.25) is 4.90 Å². The summed E-state index contributed by atoms with van der Waals surface area (Å²) in [5, 5.41) is 2.77. The van der Waals surface area contributed by atoms with Crippen molar-refractivity contribution in [2.45, 2.75) is 52.2 Å². The summed E-state index contributed by atoms with van der Waals surface area (Å²) in [6, 6.07) is 22.2. The second-order valence-corrected chi connectivity index (χ2v) is 7.93. The minimum Gasteiger partial charge on any atom is -0.489 e. The first-order valence-electron chi connectivity index (χ1n) is 10.7. The first kappa shape index (κ1) is 19.0. The fourth-order valence-electron chi connectivity index (χ4n) is 4.63. The quantitative estimate of drug-likeness (QED) is 0.479. The lowest BCUT2D eigenvalue weighted by atomic mass is 9.84. The van der Waals surface area contributed by atoms with E-state index >= 15 is 0 Å². The van der Waals surface area contributed by atoms with Crippen LogP contribution in [-0.4, -0.2) is 24.0 Å². The number of rotatable bonds is 8. The lowest BCUT2D eigenvalue weighted by molar-refractivity contribution is 0.190. The fraction of sp³-hybridized carbons (Fsp3) is 0.385. The predicted molar refractivity (Wildman–Crippen MR) is 118 cm³/mol. The van der Waals surface area contributed by atoms with Crippen molar-refractivity contribution in [3.63, 3.8) is 0 Å². The first-order valence-corrected chi connectivity index (χ1v) is 10.7. The topological polar surface area (TPSA) is 12.5 Å². The molecule has 28 heavy (non-hydrogen) atoms. The Morgan fingerprint density at radius 1 is 0.857 bits per heavy atom. The number of nitrogens with zero attached hydrogens (tertiary/aromatic N) is 1. The monoisotopic (exact) mass is 373 g/mol. The van der Waals surface area contributed by atoms with Crippen molar-refractivity contribution in [2.24, 2.45) is 0 Å². The molecule has 3 aromatic carbocycles. The van der Waals surface area contributed by atoms with Gasteiger partial charge in [0.05, 0.1) is 0 Å². The molecule has 1 atom stereocenters. The molecular weight excluding hydrogens is 342 g/mol. The van der Waals surface area contributed by atoms with Gasteiger partial charge < -0.3 is 4.74 Å². The van der Waals surface area contributed by atoms with Gasteiger partial charge in [-0.15, -0.1) is 0 Å². The fourth-order valence-corrected chi connectivity index (χ4v) is 4.63. The van der Waals surface area contributed by atoms with Gasteiger partial charge in [0.15, 0.2) is 0 Å². The Morgan fingerprint density at radius 3 is 2.39 bits per heavy atom. The molecule has 1 unspecified atom stereocenters. The summed E-state index contributed by atoms with van der Waals surface area (Å²) >= 11 is 0. The summed E-state index contributed by atoms with van der Waals surface area (Å²) < 4.78 is 6.34. The molecule has 0 aliphatic heterocycles. The maximum absolute atomic E-state index is 6.34. The maximum Gasteiger partial charge on any atom is 0.123 e. The summed E-state index contributed by atoms with van der Waals surface area (Å²) in [4.78, 5) is 2.69. The van der Waals surface area contributed by atoms with Gasteiger partial charge in [-0.05, 0) is 66.7 Å². The van der Waals surface area contributed by atoms with Crippen molar-refractivity contribution >= 4 is 10.8 Å². The van der Waals surface area contributed by atoms with Crippen molar-refractivity contribution in [1.29, 1.82) is 0 Å². The molecule has 1 aliphatic carbocycles. The Balaban J connectivity index is 1.67. The van der Waals surface area contributed by atoms with Crippen molar-refractivity contribution in [1.82, 2.24) is 4.90 Å². The van der Waals surface area contributed by atoms with E-state index in [1.165, 1.54) is 53.4 Å². The number of ether oxygens (including phenoxy) is 1. The van der Waals surface area contributed by atoms with E-state index < -0.39 is 0 Å². The first-order chi connectivity index (χ1) is 13.8. The van der Waals surface area contributed by atoms with Crippen LogP contribution in [-0.2, 0) is 19.4 Å². The normalized spacial score (nSPS) is 15.9. The molecule has 2 heteroatoms. The van der Waals surface area contributed by atoms with Crippen LogP contribution in [0.15, 0.2) is 60.7 Å². The van der Waals surface area contributed by atoms with Crippen LogP contribution >= 0.6 is 0 Å². The van der Waals surface area contributed by atoms with Gasteiger partial charge in [0.1, 0.15) is 12.4 Å². The van der Waals surface area contributed by atoms with Gasteiger partial charge in [-0.25, -0.2) is 0 Å². The van der Waals surface area contributed by atoms with E-state index in [1.54, 1.807) is 0 Å². The zero-order valence-corrected chi connectivity index (χ0v) is 17.2. The SMILES string of the molecule is CCCN(CCC)C1Cc2cccc3ccc(OCc4ccccc4)c(c23)C1. The third kappa shape index (κ3) is 3.93. The van der Waals surface area contributed by atoms with Crippen LogP contribution in [0, 0.1) is 0 Å². The molecule has 0 fully saturated rings. The van der Waals surface area contributed by atoms with Crippen LogP contribution in [0.3, 0.4) is 0 Å². The van der Waals surface area contributed by atoms with Crippen molar-refractivity contribution in [3.8, 4) is 5.75 Å². The Bertz CT molecular complexity index is 912. The molecule has 146 valence electrons. The van der Waals surface area contributed by atoms with Gasteiger partial charge in [0.2, 0.25) is 0 Å². The summed E-state index contributed by atoms with van der Waals surface area (Å²) in [6.45, 7) is 7.55. The van der Waals surface area contributed by atoms with Crippen molar-refractivity contribution in [3.05, 3.63) is 77.4 Å². The van der Waals surface area contributed by atoms with Crippen LogP contribution in [0.1, 0.15) is 43.4 Å². The molecule has 4 rings (SSSR count). The summed E-state index contributed by atoms with van der Waals surface area (Å²) in [7, 11) is 0. The van der Waals surface area contributed by atoms with E-state index in [0.29, 0.717) is 12.6 Å².